The van der Waals surface area contributed by atoms with E-state index in [1.807, 2.05) is 6.92 Å². The standard InChI is InChI=1S/C17H27NO/c1-5-17(4)15(12-16(17)18-6-2)13-9-8-10-14(11-13)19-7-3/h8-11,15-16,18H,5-7,12H2,1-4H3. The van der Waals surface area contributed by atoms with Gasteiger partial charge in [0.1, 0.15) is 5.75 Å². The Morgan fingerprint density at radius 3 is 2.74 bits per heavy atom. The predicted molar refractivity (Wildman–Crippen MR) is 80.8 cm³/mol. The highest BCUT2D eigenvalue weighted by atomic mass is 16.5. The Hall–Kier alpha value is -1.02. The Morgan fingerprint density at radius 2 is 2.11 bits per heavy atom. The number of nitrogens with one attached hydrogen (secondary N) is 1. The van der Waals surface area contributed by atoms with Gasteiger partial charge in [0.05, 0.1) is 6.61 Å². The second-order valence-corrected chi connectivity index (χ2v) is 5.76. The summed E-state index contributed by atoms with van der Waals surface area (Å²) in [6, 6.07) is 9.31. The van der Waals surface area contributed by atoms with Crippen molar-refractivity contribution in [3.63, 3.8) is 0 Å². The lowest BCUT2D eigenvalue weighted by Crippen LogP contribution is -2.56. The molecule has 1 fully saturated rings. The van der Waals surface area contributed by atoms with Gasteiger partial charge in [0.25, 0.3) is 0 Å². The fourth-order valence-electron chi connectivity index (χ4n) is 3.42. The molecule has 0 amide bonds. The Balaban J connectivity index is 2.16. The summed E-state index contributed by atoms with van der Waals surface area (Å²) >= 11 is 0. The summed E-state index contributed by atoms with van der Waals surface area (Å²) in [6.45, 7) is 10.8. The normalized spacial score (nSPS) is 29.9. The van der Waals surface area contributed by atoms with Crippen LogP contribution in [-0.2, 0) is 0 Å². The average Bonchev–Trinajstić information content (AvgIpc) is 2.42. The molecule has 1 aliphatic rings. The molecule has 2 heteroatoms. The molecule has 3 unspecified atom stereocenters. The summed E-state index contributed by atoms with van der Waals surface area (Å²) in [6.07, 6.45) is 2.46. The van der Waals surface area contributed by atoms with Gasteiger partial charge in [-0.05, 0) is 55.3 Å². The van der Waals surface area contributed by atoms with Crippen LogP contribution in [0.1, 0.15) is 52.0 Å². The van der Waals surface area contributed by atoms with E-state index in [0.29, 0.717) is 17.4 Å². The number of benzene rings is 1. The van der Waals surface area contributed by atoms with Gasteiger partial charge in [-0.15, -0.1) is 0 Å². The smallest absolute Gasteiger partial charge is 0.119 e. The first-order valence-electron chi connectivity index (χ1n) is 7.61. The van der Waals surface area contributed by atoms with E-state index in [9.17, 15) is 0 Å². The third kappa shape index (κ3) is 2.64. The van der Waals surface area contributed by atoms with Crippen LogP contribution in [0.4, 0.5) is 0 Å². The van der Waals surface area contributed by atoms with Crippen molar-refractivity contribution in [1.82, 2.24) is 5.32 Å². The minimum absolute atomic E-state index is 0.376. The van der Waals surface area contributed by atoms with Gasteiger partial charge in [-0.3, -0.25) is 0 Å². The molecule has 1 aliphatic carbocycles. The Labute approximate surface area is 117 Å². The second kappa shape index (κ2) is 5.96. The van der Waals surface area contributed by atoms with Crippen LogP contribution in [-0.4, -0.2) is 19.2 Å². The largest absolute Gasteiger partial charge is 0.494 e. The molecule has 0 saturated heterocycles. The maximum absolute atomic E-state index is 5.63. The van der Waals surface area contributed by atoms with Crippen molar-refractivity contribution in [2.75, 3.05) is 13.2 Å². The first-order valence-corrected chi connectivity index (χ1v) is 7.61. The summed E-state index contributed by atoms with van der Waals surface area (Å²) in [5.41, 5.74) is 1.81. The molecule has 2 rings (SSSR count). The molecule has 3 atom stereocenters. The minimum Gasteiger partial charge on any atom is -0.494 e. The zero-order valence-corrected chi connectivity index (χ0v) is 12.7. The third-order valence-corrected chi connectivity index (χ3v) is 4.85. The van der Waals surface area contributed by atoms with Crippen LogP contribution in [0.25, 0.3) is 0 Å². The highest BCUT2D eigenvalue weighted by Gasteiger charge is 2.50. The van der Waals surface area contributed by atoms with Crippen LogP contribution < -0.4 is 10.1 Å². The van der Waals surface area contributed by atoms with Crippen LogP contribution in [0.2, 0.25) is 0 Å². The van der Waals surface area contributed by atoms with Gasteiger partial charge in [-0.25, -0.2) is 0 Å². The van der Waals surface area contributed by atoms with Crippen molar-refractivity contribution < 1.29 is 4.74 Å². The molecule has 0 aromatic heterocycles. The average molecular weight is 261 g/mol. The van der Waals surface area contributed by atoms with Crippen molar-refractivity contribution in [1.29, 1.82) is 0 Å². The van der Waals surface area contributed by atoms with Crippen molar-refractivity contribution in [2.24, 2.45) is 5.41 Å². The number of hydrogen-bond donors (Lipinski definition) is 1. The molecule has 0 heterocycles. The minimum atomic E-state index is 0.376. The Morgan fingerprint density at radius 1 is 1.32 bits per heavy atom. The fourth-order valence-corrected chi connectivity index (χ4v) is 3.42. The van der Waals surface area contributed by atoms with Gasteiger partial charge in [-0.1, -0.05) is 32.9 Å². The molecule has 1 aromatic rings. The van der Waals surface area contributed by atoms with Gasteiger partial charge < -0.3 is 10.1 Å². The Kier molecular flexibility index (Phi) is 4.51. The molecule has 19 heavy (non-hydrogen) atoms. The molecule has 0 radical (unpaired) electrons. The van der Waals surface area contributed by atoms with Crippen LogP contribution >= 0.6 is 0 Å². The summed E-state index contributed by atoms with van der Waals surface area (Å²) in [5, 5.41) is 3.63. The van der Waals surface area contributed by atoms with Crippen molar-refractivity contribution in [2.45, 2.75) is 52.5 Å². The summed E-state index contributed by atoms with van der Waals surface area (Å²) in [5.74, 6) is 1.66. The second-order valence-electron chi connectivity index (χ2n) is 5.76. The van der Waals surface area contributed by atoms with E-state index in [2.05, 4.69) is 50.4 Å². The molecule has 1 saturated carbocycles. The van der Waals surface area contributed by atoms with Crippen molar-refractivity contribution in [3.05, 3.63) is 29.8 Å². The number of ether oxygens (including phenoxy) is 1. The maximum atomic E-state index is 5.63. The van der Waals surface area contributed by atoms with E-state index in [4.69, 9.17) is 4.74 Å². The van der Waals surface area contributed by atoms with Gasteiger partial charge in [0, 0.05) is 6.04 Å². The lowest BCUT2D eigenvalue weighted by molar-refractivity contribution is 0.0454. The number of hydrogen-bond acceptors (Lipinski definition) is 2. The SMILES string of the molecule is CCNC1CC(c2cccc(OCC)c2)C1(C)CC. The fraction of sp³-hybridized carbons (Fsp3) is 0.647. The van der Waals surface area contributed by atoms with Crippen molar-refractivity contribution in [3.8, 4) is 5.75 Å². The Bertz CT molecular complexity index is 417. The molecule has 0 spiro atoms. The summed E-state index contributed by atoms with van der Waals surface area (Å²) in [7, 11) is 0. The summed E-state index contributed by atoms with van der Waals surface area (Å²) in [4.78, 5) is 0. The molecule has 2 nitrogen and oxygen atoms in total. The van der Waals surface area contributed by atoms with E-state index in [-0.39, 0.29) is 0 Å². The highest BCUT2D eigenvalue weighted by molar-refractivity contribution is 5.35. The highest BCUT2D eigenvalue weighted by Crippen LogP contribution is 2.55. The predicted octanol–water partition coefficient (Wildman–Crippen LogP) is 3.97. The summed E-state index contributed by atoms with van der Waals surface area (Å²) < 4.78 is 5.63. The van der Waals surface area contributed by atoms with Gasteiger partial charge >= 0.3 is 0 Å². The van der Waals surface area contributed by atoms with Gasteiger partial charge in [0.15, 0.2) is 0 Å². The van der Waals surface area contributed by atoms with Crippen molar-refractivity contribution >= 4 is 0 Å². The van der Waals surface area contributed by atoms with Crippen LogP contribution in [0, 0.1) is 5.41 Å². The van der Waals surface area contributed by atoms with E-state index >= 15 is 0 Å². The van der Waals surface area contributed by atoms with Gasteiger partial charge in [-0.2, -0.15) is 0 Å². The first kappa shape index (κ1) is 14.4. The quantitative estimate of drug-likeness (QED) is 0.836. The van der Waals surface area contributed by atoms with Gasteiger partial charge in [0.2, 0.25) is 0 Å². The van der Waals surface area contributed by atoms with Crippen LogP contribution in [0.3, 0.4) is 0 Å². The molecule has 106 valence electrons. The van der Waals surface area contributed by atoms with E-state index < -0.39 is 0 Å². The molecular weight excluding hydrogens is 234 g/mol. The molecular formula is C17H27NO. The zero-order chi connectivity index (χ0) is 13.9. The lowest BCUT2D eigenvalue weighted by atomic mass is 9.54. The zero-order valence-electron chi connectivity index (χ0n) is 12.7. The van der Waals surface area contributed by atoms with Crippen LogP contribution in [0.5, 0.6) is 5.75 Å². The van der Waals surface area contributed by atoms with Crippen LogP contribution in [0.15, 0.2) is 24.3 Å². The van der Waals surface area contributed by atoms with E-state index in [0.717, 1.165) is 18.9 Å². The number of rotatable bonds is 6. The van der Waals surface area contributed by atoms with E-state index in [1.165, 1.54) is 18.4 Å². The molecule has 0 bridgehead atoms. The maximum Gasteiger partial charge on any atom is 0.119 e. The lowest BCUT2D eigenvalue weighted by Gasteiger charge is -2.55. The molecule has 0 aliphatic heterocycles. The topological polar surface area (TPSA) is 21.3 Å². The molecule has 1 N–H and O–H groups in total. The third-order valence-electron chi connectivity index (χ3n) is 4.85. The van der Waals surface area contributed by atoms with E-state index in [1.54, 1.807) is 0 Å². The molecule has 1 aromatic carbocycles. The monoisotopic (exact) mass is 261 g/mol. The first-order chi connectivity index (χ1) is 9.15.